The first kappa shape index (κ1) is 17.8. The molecular weight excluding hydrogens is 472 g/mol. The zero-order valence-corrected chi connectivity index (χ0v) is 17.1. The normalized spacial score (nSPS) is 39.8. The SMILES string of the molecule is ICCCCC[NH+]1C2CCCCC2C2CCCCC21.[I-]. The molecule has 4 unspecified atom stereocenters. The second kappa shape index (κ2) is 8.90. The van der Waals surface area contributed by atoms with Gasteiger partial charge in [-0.05, 0) is 62.2 Å². The van der Waals surface area contributed by atoms with Gasteiger partial charge in [0, 0.05) is 11.8 Å². The van der Waals surface area contributed by atoms with Crippen molar-refractivity contribution in [2.75, 3.05) is 11.0 Å². The lowest BCUT2D eigenvalue weighted by molar-refractivity contribution is -0.941. The fourth-order valence-electron chi connectivity index (χ4n) is 5.51. The molecule has 1 heterocycles. The quantitative estimate of drug-likeness (QED) is 0.319. The lowest BCUT2D eigenvalue weighted by Crippen LogP contribution is -3.17. The van der Waals surface area contributed by atoms with Gasteiger partial charge in [-0.15, -0.1) is 0 Å². The van der Waals surface area contributed by atoms with Gasteiger partial charge in [-0.25, -0.2) is 0 Å². The first-order valence-electron chi connectivity index (χ1n) is 8.83. The number of nitrogens with one attached hydrogen (secondary N) is 1. The van der Waals surface area contributed by atoms with Crippen LogP contribution in [0.2, 0.25) is 0 Å². The molecule has 0 aromatic carbocycles. The maximum atomic E-state index is 2.53. The number of alkyl halides is 1. The van der Waals surface area contributed by atoms with Crippen LogP contribution in [0, 0.1) is 11.8 Å². The molecular formula is C17H31I2N. The highest BCUT2D eigenvalue weighted by atomic mass is 127. The molecule has 0 aromatic rings. The highest BCUT2D eigenvalue weighted by Crippen LogP contribution is 2.41. The fraction of sp³-hybridized carbons (Fsp3) is 1.00. The van der Waals surface area contributed by atoms with Crippen molar-refractivity contribution in [2.24, 2.45) is 11.8 Å². The number of hydrogen-bond donors (Lipinski definition) is 1. The second-order valence-corrected chi connectivity index (χ2v) is 8.26. The van der Waals surface area contributed by atoms with E-state index in [0.29, 0.717) is 0 Å². The standard InChI is InChI=1S/C17H30IN.HI/c18-12-6-1-7-13-19-16-10-4-2-8-14(16)15-9-3-5-11-17(15)19;/h14-17H,1-13H2;1H. The molecule has 1 N–H and O–H groups in total. The number of quaternary nitrogens is 1. The summed E-state index contributed by atoms with van der Waals surface area (Å²) in [6.07, 6.45) is 16.8. The Morgan fingerprint density at radius 3 is 1.85 bits per heavy atom. The maximum Gasteiger partial charge on any atom is 0.0910 e. The molecule has 3 fully saturated rings. The molecule has 1 aliphatic heterocycles. The molecule has 20 heavy (non-hydrogen) atoms. The Morgan fingerprint density at radius 2 is 1.30 bits per heavy atom. The molecule has 118 valence electrons. The van der Waals surface area contributed by atoms with Gasteiger partial charge in [0.1, 0.15) is 0 Å². The van der Waals surface area contributed by atoms with E-state index < -0.39 is 0 Å². The highest BCUT2D eigenvalue weighted by Gasteiger charge is 2.52. The van der Waals surface area contributed by atoms with Crippen LogP contribution in [0.5, 0.6) is 0 Å². The van der Waals surface area contributed by atoms with Crippen molar-refractivity contribution < 1.29 is 28.9 Å². The van der Waals surface area contributed by atoms with Crippen LogP contribution in [-0.2, 0) is 0 Å². The maximum absolute atomic E-state index is 2.53. The Morgan fingerprint density at radius 1 is 0.750 bits per heavy atom. The Kier molecular flexibility index (Phi) is 7.90. The van der Waals surface area contributed by atoms with E-state index in [4.69, 9.17) is 0 Å². The third-order valence-electron chi connectivity index (χ3n) is 6.24. The smallest absolute Gasteiger partial charge is 0.0910 e. The van der Waals surface area contributed by atoms with Crippen molar-refractivity contribution in [3.05, 3.63) is 0 Å². The van der Waals surface area contributed by atoms with Crippen LogP contribution in [0.15, 0.2) is 0 Å². The van der Waals surface area contributed by atoms with Crippen LogP contribution in [-0.4, -0.2) is 23.1 Å². The van der Waals surface area contributed by atoms with Gasteiger partial charge in [-0.3, -0.25) is 0 Å². The van der Waals surface area contributed by atoms with Gasteiger partial charge >= 0.3 is 0 Å². The van der Waals surface area contributed by atoms with Crippen molar-refractivity contribution in [3.63, 3.8) is 0 Å². The van der Waals surface area contributed by atoms with Crippen molar-refractivity contribution in [3.8, 4) is 0 Å². The Labute approximate surface area is 156 Å². The number of fused-ring (bicyclic) bond motifs is 3. The summed E-state index contributed by atoms with van der Waals surface area (Å²) in [7, 11) is 0. The molecule has 2 saturated carbocycles. The second-order valence-electron chi connectivity index (χ2n) is 7.18. The monoisotopic (exact) mass is 503 g/mol. The Hall–Kier alpha value is 1.42. The molecule has 1 nitrogen and oxygen atoms in total. The van der Waals surface area contributed by atoms with E-state index >= 15 is 0 Å². The van der Waals surface area contributed by atoms with E-state index in [9.17, 15) is 0 Å². The van der Waals surface area contributed by atoms with Crippen molar-refractivity contribution >= 4 is 22.6 Å². The molecule has 0 amide bonds. The van der Waals surface area contributed by atoms with Gasteiger partial charge in [-0.2, -0.15) is 0 Å². The average molecular weight is 503 g/mol. The van der Waals surface area contributed by atoms with Crippen LogP contribution in [0.3, 0.4) is 0 Å². The van der Waals surface area contributed by atoms with Crippen LogP contribution < -0.4 is 28.9 Å². The number of unbranched alkanes of at least 4 members (excludes halogenated alkanes) is 2. The van der Waals surface area contributed by atoms with Crippen molar-refractivity contribution in [1.29, 1.82) is 0 Å². The molecule has 3 aliphatic rings. The molecule has 0 aromatic heterocycles. The predicted octanol–water partition coefficient (Wildman–Crippen LogP) is 0.612. The summed E-state index contributed by atoms with van der Waals surface area (Å²) in [4.78, 5) is 2.07. The van der Waals surface area contributed by atoms with E-state index in [0.717, 1.165) is 23.9 Å². The molecule has 3 heteroatoms. The van der Waals surface area contributed by atoms with Crippen LogP contribution >= 0.6 is 22.6 Å². The summed E-state index contributed by atoms with van der Waals surface area (Å²) in [5, 5.41) is 0. The van der Waals surface area contributed by atoms with Gasteiger partial charge in [-0.1, -0.05) is 35.4 Å². The van der Waals surface area contributed by atoms with Gasteiger partial charge in [0.15, 0.2) is 0 Å². The van der Waals surface area contributed by atoms with E-state index in [-0.39, 0.29) is 24.0 Å². The van der Waals surface area contributed by atoms with Gasteiger partial charge in [0.05, 0.1) is 18.6 Å². The minimum Gasteiger partial charge on any atom is -1.00 e. The summed E-state index contributed by atoms with van der Waals surface area (Å²) >= 11 is 2.53. The van der Waals surface area contributed by atoms with Crippen molar-refractivity contribution in [1.82, 2.24) is 0 Å². The molecule has 0 spiro atoms. The minimum absolute atomic E-state index is 0. The van der Waals surface area contributed by atoms with Crippen LogP contribution in [0.1, 0.15) is 70.6 Å². The van der Waals surface area contributed by atoms with E-state index in [1.807, 2.05) is 0 Å². The summed E-state index contributed by atoms with van der Waals surface area (Å²) < 4.78 is 1.35. The van der Waals surface area contributed by atoms with Crippen LogP contribution in [0.25, 0.3) is 0 Å². The largest absolute Gasteiger partial charge is 1.00 e. The van der Waals surface area contributed by atoms with Gasteiger partial charge < -0.3 is 28.9 Å². The summed E-state index contributed by atoms with van der Waals surface area (Å²) in [6, 6.07) is 2.14. The summed E-state index contributed by atoms with van der Waals surface area (Å²) in [6.45, 7) is 1.50. The van der Waals surface area contributed by atoms with E-state index in [2.05, 4.69) is 27.5 Å². The zero-order valence-electron chi connectivity index (χ0n) is 12.8. The molecule has 1 saturated heterocycles. The number of halogens is 2. The van der Waals surface area contributed by atoms with E-state index in [1.165, 1.54) is 55.9 Å². The third-order valence-corrected chi connectivity index (χ3v) is 7.00. The topological polar surface area (TPSA) is 4.44 Å². The summed E-state index contributed by atoms with van der Waals surface area (Å²) in [5.74, 6) is 2.25. The zero-order chi connectivity index (χ0) is 13.1. The lowest BCUT2D eigenvalue weighted by Gasteiger charge is -2.31. The number of likely N-dealkylation sites (tertiary alicyclic amines) is 1. The molecule has 0 radical (unpaired) electrons. The van der Waals surface area contributed by atoms with Gasteiger partial charge in [0.25, 0.3) is 0 Å². The summed E-state index contributed by atoms with van der Waals surface area (Å²) in [5.41, 5.74) is 0. The molecule has 4 atom stereocenters. The Bertz CT molecular complexity index is 262. The van der Waals surface area contributed by atoms with E-state index in [1.54, 1.807) is 25.7 Å². The highest BCUT2D eigenvalue weighted by molar-refractivity contribution is 14.1. The van der Waals surface area contributed by atoms with Crippen molar-refractivity contribution in [2.45, 2.75) is 82.7 Å². The lowest BCUT2D eigenvalue weighted by atomic mass is 9.73. The third kappa shape index (κ3) is 3.84. The first-order valence-corrected chi connectivity index (χ1v) is 10.4. The number of rotatable bonds is 5. The average Bonchev–Trinajstić information content (AvgIpc) is 2.78. The fourth-order valence-corrected chi connectivity index (χ4v) is 6.05. The molecule has 2 aliphatic carbocycles. The Balaban J connectivity index is 0.00000147. The predicted molar refractivity (Wildman–Crippen MR) is 90.1 cm³/mol. The van der Waals surface area contributed by atoms with Gasteiger partial charge in [0.2, 0.25) is 0 Å². The first-order chi connectivity index (χ1) is 9.42. The molecule has 0 bridgehead atoms. The number of hydrogen-bond acceptors (Lipinski definition) is 0. The van der Waals surface area contributed by atoms with Crippen LogP contribution in [0.4, 0.5) is 0 Å². The molecule has 3 rings (SSSR count). The minimum atomic E-state index is 0.